The molecule has 2 aliphatic rings. The van der Waals surface area contributed by atoms with Gasteiger partial charge in [0.05, 0.1) is 17.1 Å². The minimum atomic E-state index is -3.28. The zero-order valence-electron chi connectivity index (χ0n) is 17.5. The molecule has 0 amide bonds. The fourth-order valence-electron chi connectivity index (χ4n) is 4.56. The molecule has 1 aromatic carbocycles. The van der Waals surface area contributed by atoms with Crippen LogP contribution in [0.4, 0.5) is 0 Å². The van der Waals surface area contributed by atoms with E-state index in [4.69, 9.17) is 9.07 Å². The van der Waals surface area contributed by atoms with E-state index in [1.807, 2.05) is 49.4 Å². The molecule has 0 saturated carbocycles. The van der Waals surface area contributed by atoms with E-state index in [-0.39, 0.29) is 18.7 Å². The standard InChI is InChI=1S/C23H27BO6S/c1-2-16-15-31(27,28)22-13-24(26)30-21(23(16)22)11-8-18(17-6-4-3-5-7-17)12-19-9-10-20(14-25)29-19/h3-7,9-10,12,21-22,25-26H,2,8,11,13-15H2,1H3/b18-12-/t21-,22+/m1/s1. The van der Waals surface area contributed by atoms with Gasteiger partial charge in [0.2, 0.25) is 0 Å². The van der Waals surface area contributed by atoms with Gasteiger partial charge in [-0.05, 0) is 54.2 Å². The van der Waals surface area contributed by atoms with Crippen LogP contribution in [0.3, 0.4) is 0 Å². The highest BCUT2D eigenvalue weighted by atomic mass is 32.2. The van der Waals surface area contributed by atoms with Crippen LogP contribution in [0.5, 0.6) is 0 Å². The van der Waals surface area contributed by atoms with Crippen molar-refractivity contribution in [1.82, 2.24) is 0 Å². The predicted octanol–water partition coefficient (Wildman–Crippen LogP) is 3.48. The maximum atomic E-state index is 12.6. The van der Waals surface area contributed by atoms with E-state index in [0.717, 1.165) is 22.3 Å². The van der Waals surface area contributed by atoms with E-state index >= 15 is 0 Å². The summed E-state index contributed by atoms with van der Waals surface area (Å²) in [6.45, 7) is 1.80. The van der Waals surface area contributed by atoms with E-state index in [0.29, 0.717) is 30.8 Å². The van der Waals surface area contributed by atoms with Crippen LogP contribution in [-0.2, 0) is 21.1 Å². The van der Waals surface area contributed by atoms with Gasteiger partial charge in [0.15, 0.2) is 9.84 Å². The third-order valence-electron chi connectivity index (χ3n) is 6.05. The van der Waals surface area contributed by atoms with Crippen molar-refractivity contribution in [2.45, 2.75) is 50.5 Å². The summed E-state index contributed by atoms with van der Waals surface area (Å²) in [5, 5.41) is 18.8. The lowest BCUT2D eigenvalue weighted by Crippen LogP contribution is -2.41. The summed E-state index contributed by atoms with van der Waals surface area (Å²) in [6, 6.07) is 13.4. The van der Waals surface area contributed by atoms with Gasteiger partial charge in [-0.15, -0.1) is 0 Å². The van der Waals surface area contributed by atoms with Gasteiger partial charge in [-0.25, -0.2) is 8.42 Å². The van der Waals surface area contributed by atoms with Crippen molar-refractivity contribution in [1.29, 1.82) is 0 Å². The lowest BCUT2D eigenvalue weighted by Gasteiger charge is -2.32. The second kappa shape index (κ2) is 9.16. The van der Waals surface area contributed by atoms with Crippen LogP contribution in [0, 0.1) is 0 Å². The number of benzene rings is 1. The SMILES string of the molecule is CCC1=C2[C@@H](CC/C(=C/c3ccc(CO)o3)c3ccccc3)OB(O)C[C@@H]2S(=O)(=O)C1. The fourth-order valence-corrected chi connectivity index (χ4v) is 6.78. The summed E-state index contributed by atoms with van der Waals surface area (Å²) in [6.07, 6.45) is 3.44. The lowest BCUT2D eigenvalue weighted by atomic mass is 9.74. The van der Waals surface area contributed by atoms with Crippen LogP contribution in [0.2, 0.25) is 6.32 Å². The van der Waals surface area contributed by atoms with Gasteiger partial charge >= 0.3 is 7.12 Å². The Morgan fingerprint density at radius 2 is 2.00 bits per heavy atom. The first-order chi connectivity index (χ1) is 14.9. The zero-order valence-corrected chi connectivity index (χ0v) is 18.3. The minimum Gasteiger partial charge on any atom is -0.459 e. The van der Waals surface area contributed by atoms with E-state index in [1.165, 1.54) is 0 Å². The number of furan rings is 1. The second-order valence-corrected chi connectivity index (χ2v) is 10.2. The normalized spacial score (nSPS) is 23.3. The van der Waals surface area contributed by atoms with Crippen molar-refractivity contribution in [3.63, 3.8) is 0 Å². The maximum Gasteiger partial charge on any atom is 0.456 e. The summed E-state index contributed by atoms with van der Waals surface area (Å²) in [5.74, 6) is 1.20. The molecule has 1 fully saturated rings. The molecule has 2 aromatic rings. The Hall–Kier alpha value is -2.13. The number of fused-ring (bicyclic) bond motifs is 1. The first kappa shape index (κ1) is 22.1. The molecule has 3 heterocycles. The van der Waals surface area contributed by atoms with Gasteiger partial charge in [0.25, 0.3) is 0 Å². The molecular formula is C23H27BO6S. The van der Waals surface area contributed by atoms with Crippen molar-refractivity contribution in [3.05, 3.63) is 70.7 Å². The Morgan fingerprint density at radius 1 is 1.23 bits per heavy atom. The fraction of sp³-hybridized carbons (Fsp3) is 0.391. The number of allylic oxidation sites excluding steroid dienone is 1. The van der Waals surface area contributed by atoms with Crippen molar-refractivity contribution >= 4 is 28.6 Å². The van der Waals surface area contributed by atoms with Crippen molar-refractivity contribution < 1.29 is 27.6 Å². The average Bonchev–Trinajstić information content (AvgIpc) is 3.33. The quantitative estimate of drug-likeness (QED) is 0.504. The molecule has 164 valence electrons. The van der Waals surface area contributed by atoms with E-state index < -0.39 is 28.3 Å². The van der Waals surface area contributed by atoms with E-state index in [2.05, 4.69) is 0 Å². The van der Waals surface area contributed by atoms with Gasteiger partial charge in [-0.2, -0.15) is 0 Å². The largest absolute Gasteiger partial charge is 0.459 e. The topological polar surface area (TPSA) is 97.0 Å². The van der Waals surface area contributed by atoms with Gasteiger partial charge in [0, 0.05) is 6.32 Å². The predicted molar refractivity (Wildman–Crippen MR) is 121 cm³/mol. The summed E-state index contributed by atoms with van der Waals surface area (Å²) in [7, 11) is -4.36. The number of hydrogen-bond donors (Lipinski definition) is 2. The molecule has 4 rings (SSSR count). The van der Waals surface area contributed by atoms with E-state index in [9.17, 15) is 18.5 Å². The van der Waals surface area contributed by atoms with Crippen LogP contribution in [0.1, 0.15) is 43.3 Å². The highest BCUT2D eigenvalue weighted by molar-refractivity contribution is 7.92. The first-order valence-corrected chi connectivity index (χ1v) is 12.3. The highest BCUT2D eigenvalue weighted by Crippen LogP contribution is 2.41. The molecule has 31 heavy (non-hydrogen) atoms. The smallest absolute Gasteiger partial charge is 0.456 e. The van der Waals surface area contributed by atoms with Crippen LogP contribution < -0.4 is 0 Å². The highest BCUT2D eigenvalue weighted by Gasteiger charge is 2.47. The third kappa shape index (κ3) is 4.72. The molecule has 2 aliphatic heterocycles. The summed E-state index contributed by atoms with van der Waals surface area (Å²) < 4.78 is 36.7. The molecule has 2 atom stereocenters. The molecule has 1 saturated heterocycles. The van der Waals surface area contributed by atoms with Crippen molar-refractivity contribution in [3.8, 4) is 0 Å². The minimum absolute atomic E-state index is 0.0633. The van der Waals surface area contributed by atoms with Gasteiger partial charge < -0.3 is 19.2 Å². The Bertz CT molecular complexity index is 1090. The van der Waals surface area contributed by atoms with Crippen LogP contribution in [-0.4, -0.2) is 42.8 Å². The Balaban J connectivity index is 1.62. The average molecular weight is 442 g/mol. The molecule has 0 aliphatic carbocycles. The summed E-state index contributed by atoms with van der Waals surface area (Å²) in [4.78, 5) is 0. The van der Waals surface area contributed by atoms with Gasteiger partial charge in [0.1, 0.15) is 18.1 Å². The third-order valence-corrected chi connectivity index (χ3v) is 8.11. The Labute approximate surface area is 183 Å². The lowest BCUT2D eigenvalue weighted by molar-refractivity contribution is 0.171. The number of aliphatic hydroxyl groups excluding tert-OH is 1. The number of aliphatic hydroxyl groups is 1. The number of hydrogen-bond acceptors (Lipinski definition) is 6. The monoisotopic (exact) mass is 442 g/mol. The molecule has 0 spiro atoms. The van der Waals surface area contributed by atoms with Crippen molar-refractivity contribution in [2.24, 2.45) is 0 Å². The molecule has 1 aromatic heterocycles. The van der Waals surface area contributed by atoms with Gasteiger partial charge in [-0.1, -0.05) is 42.8 Å². The molecular weight excluding hydrogens is 415 g/mol. The number of rotatable bonds is 7. The molecule has 2 N–H and O–H groups in total. The van der Waals surface area contributed by atoms with Crippen LogP contribution >= 0.6 is 0 Å². The molecule has 0 bridgehead atoms. The summed E-state index contributed by atoms with van der Waals surface area (Å²) in [5.41, 5.74) is 3.81. The van der Waals surface area contributed by atoms with E-state index in [1.54, 1.807) is 6.07 Å². The van der Waals surface area contributed by atoms with Gasteiger partial charge in [-0.3, -0.25) is 0 Å². The van der Waals surface area contributed by atoms with Crippen molar-refractivity contribution in [2.75, 3.05) is 5.75 Å². The number of sulfone groups is 1. The Kier molecular flexibility index (Phi) is 6.53. The van der Waals surface area contributed by atoms with Crippen LogP contribution in [0.25, 0.3) is 11.6 Å². The second-order valence-electron chi connectivity index (χ2n) is 8.06. The molecule has 6 nitrogen and oxygen atoms in total. The zero-order chi connectivity index (χ0) is 22.0. The maximum absolute atomic E-state index is 12.6. The van der Waals surface area contributed by atoms with Crippen LogP contribution in [0.15, 0.2) is 58.0 Å². The molecule has 0 radical (unpaired) electrons. The molecule has 0 unspecified atom stereocenters. The summed E-state index contributed by atoms with van der Waals surface area (Å²) >= 11 is 0. The first-order valence-electron chi connectivity index (χ1n) is 10.6. The Morgan fingerprint density at radius 3 is 2.68 bits per heavy atom. The molecule has 8 heteroatoms.